The quantitative estimate of drug-likeness (QED) is 0.827. The summed E-state index contributed by atoms with van der Waals surface area (Å²) in [5.41, 5.74) is 2.24. The minimum atomic E-state index is -0.0630. The summed E-state index contributed by atoms with van der Waals surface area (Å²) in [5, 5.41) is 2.86. The highest BCUT2D eigenvalue weighted by atomic mass is 16.5. The van der Waals surface area contributed by atoms with E-state index in [4.69, 9.17) is 4.74 Å². The first-order valence-electron chi connectivity index (χ1n) is 6.38. The molecular formula is C15H19NO2. The molecule has 1 unspecified atom stereocenters. The summed E-state index contributed by atoms with van der Waals surface area (Å²) >= 11 is 0. The molecule has 0 saturated carbocycles. The highest BCUT2D eigenvalue weighted by Crippen LogP contribution is 2.10. The molecule has 1 aliphatic heterocycles. The normalized spacial score (nSPS) is 19.3. The molecule has 0 spiro atoms. The van der Waals surface area contributed by atoms with Crippen LogP contribution in [0, 0.1) is 6.92 Å². The van der Waals surface area contributed by atoms with Crippen molar-refractivity contribution in [1.82, 2.24) is 5.32 Å². The van der Waals surface area contributed by atoms with Gasteiger partial charge in [-0.3, -0.25) is 4.79 Å². The monoisotopic (exact) mass is 245 g/mol. The van der Waals surface area contributed by atoms with Crippen LogP contribution in [-0.2, 0) is 9.53 Å². The van der Waals surface area contributed by atoms with Crippen molar-refractivity contribution < 1.29 is 9.53 Å². The summed E-state index contributed by atoms with van der Waals surface area (Å²) in [6, 6.07) is 8.05. The zero-order valence-electron chi connectivity index (χ0n) is 10.7. The second-order valence-electron chi connectivity index (χ2n) is 4.63. The average Bonchev–Trinajstić information content (AvgIpc) is 2.87. The van der Waals surface area contributed by atoms with Gasteiger partial charge in [0.1, 0.15) is 0 Å². The summed E-state index contributed by atoms with van der Waals surface area (Å²) < 4.78 is 5.44. The number of hydrogen-bond donors (Lipinski definition) is 1. The number of aryl methyl sites for hydroxylation is 1. The first kappa shape index (κ1) is 12.8. The van der Waals surface area contributed by atoms with E-state index in [0.717, 1.165) is 25.0 Å². The van der Waals surface area contributed by atoms with Gasteiger partial charge in [-0.05, 0) is 31.4 Å². The maximum Gasteiger partial charge on any atom is 0.244 e. The second-order valence-corrected chi connectivity index (χ2v) is 4.63. The predicted molar refractivity (Wildman–Crippen MR) is 72.2 cm³/mol. The third kappa shape index (κ3) is 4.00. The van der Waals surface area contributed by atoms with Gasteiger partial charge in [-0.2, -0.15) is 0 Å². The van der Waals surface area contributed by atoms with Gasteiger partial charge in [0, 0.05) is 19.2 Å². The summed E-state index contributed by atoms with van der Waals surface area (Å²) in [5.74, 6) is -0.0630. The van der Waals surface area contributed by atoms with Crippen LogP contribution in [0.4, 0.5) is 0 Å². The van der Waals surface area contributed by atoms with Gasteiger partial charge >= 0.3 is 0 Å². The summed E-state index contributed by atoms with van der Waals surface area (Å²) in [7, 11) is 0. The maximum atomic E-state index is 11.6. The Hall–Kier alpha value is -1.61. The van der Waals surface area contributed by atoms with Crippen molar-refractivity contribution in [2.24, 2.45) is 0 Å². The standard InChI is InChI=1S/C15H19NO2/c1-12-4-2-5-13(10-12)7-8-15(17)16-11-14-6-3-9-18-14/h2,4-5,7-8,10,14H,3,6,9,11H2,1H3,(H,16,17)/b8-7+. The number of benzene rings is 1. The Morgan fingerprint density at radius 3 is 3.17 bits per heavy atom. The van der Waals surface area contributed by atoms with E-state index in [1.807, 2.05) is 37.3 Å². The number of carbonyl (C=O) groups excluding carboxylic acids is 1. The summed E-state index contributed by atoms with van der Waals surface area (Å²) in [6.07, 6.45) is 5.74. The Morgan fingerprint density at radius 1 is 1.56 bits per heavy atom. The van der Waals surface area contributed by atoms with Crippen molar-refractivity contribution in [2.75, 3.05) is 13.2 Å². The Balaban J connectivity index is 1.79. The Labute approximate surface area is 108 Å². The molecule has 1 fully saturated rings. The molecule has 0 aliphatic carbocycles. The zero-order valence-corrected chi connectivity index (χ0v) is 10.7. The molecule has 3 heteroatoms. The molecule has 1 saturated heterocycles. The minimum Gasteiger partial charge on any atom is -0.376 e. The molecule has 1 atom stereocenters. The molecule has 1 aromatic rings. The lowest BCUT2D eigenvalue weighted by molar-refractivity contribution is -0.116. The van der Waals surface area contributed by atoms with Crippen LogP contribution >= 0.6 is 0 Å². The molecule has 1 aliphatic rings. The van der Waals surface area contributed by atoms with Crippen molar-refractivity contribution in [3.05, 3.63) is 41.5 Å². The van der Waals surface area contributed by atoms with Gasteiger partial charge in [0.15, 0.2) is 0 Å². The largest absolute Gasteiger partial charge is 0.376 e. The van der Waals surface area contributed by atoms with Gasteiger partial charge in [0.25, 0.3) is 0 Å². The third-order valence-corrected chi connectivity index (χ3v) is 3.00. The Kier molecular flexibility index (Phi) is 4.53. The first-order valence-corrected chi connectivity index (χ1v) is 6.38. The number of rotatable bonds is 4. The second kappa shape index (κ2) is 6.36. The van der Waals surface area contributed by atoms with Crippen LogP contribution in [0.15, 0.2) is 30.3 Å². The Bertz CT molecular complexity index is 434. The number of carbonyl (C=O) groups is 1. The number of ether oxygens (including phenoxy) is 1. The van der Waals surface area contributed by atoms with E-state index in [-0.39, 0.29) is 12.0 Å². The molecule has 18 heavy (non-hydrogen) atoms. The van der Waals surface area contributed by atoms with Crippen LogP contribution in [0.1, 0.15) is 24.0 Å². The number of nitrogens with one attached hydrogen (secondary N) is 1. The van der Waals surface area contributed by atoms with Gasteiger partial charge in [-0.25, -0.2) is 0 Å². The van der Waals surface area contributed by atoms with E-state index < -0.39 is 0 Å². The smallest absolute Gasteiger partial charge is 0.244 e. The molecule has 3 nitrogen and oxygen atoms in total. The molecule has 2 rings (SSSR count). The van der Waals surface area contributed by atoms with Gasteiger partial charge in [-0.1, -0.05) is 29.8 Å². The molecule has 1 heterocycles. The van der Waals surface area contributed by atoms with E-state index in [2.05, 4.69) is 5.32 Å². The van der Waals surface area contributed by atoms with Crippen LogP contribution < -0.4 is 5.32 Å². The van der Waals surface area contributed by atoms with Gasteiger partial charge in [0.2, 0.25) is 5.91 Å². The van der Waals surface area contributed by atoms with Crippen LogP contribution in [0.25, 0.3) is 6.08 Å². The van der Waals surface area contributed by atoms with Crippen LogP contribution in [0.5, 0.6) is 0 Å². The molecule has 1 amide bonds. The molecule has 0 bridgehead atoms. The van der Waals surface area contributed by atoms with Gasteiger partial charge < -0.3 is 10.1 Å². The molecule has 1 N–H and O–H groups in total. The fourth-order valence-corrected chi connectivity index (χ4v) is 2.02. The topological polar surface area (TPSA) is 38.3 Å². The van der Waals surface area contributed by atoms with Crippen molar-refractivity contribution in [3.63, 3.8) is 0 Å². The first-order chi connectivity index (χ1) is 8.74. The van der Waals surface area contributed by atoms with Crippen LogP contribution in [0.2, 0.25) is 0 Å². The van der Waals surface area contributed by atoms with Gasteiger partial charge in [-0.15, -0.1) is 0 Å². The third-order valence-electron chi connectivity index (χ3n) is 3.00. The van der Waals surface area contributed by atoms with E-state index in [1.54, 1.807) is 6.08 Å². The lowest BCUT2D eigenvalue weighted by atomic mass is 10.1. The van der Waals surface area contributed by atoms with Crippen LogP contribution in [0.3, 0.4) is 0 Å². The fourth-order valence-electron chi connectivity index (χ4n) is 2.02. The van der Waals surface area contributed by atoms with E-state index in [1.165, 1.54) is 5.56 Å². The van der Waals surface area contributed by atoms with E-state index >= 15 is 0 Å². The predicted octanol–water partition coefficient (Wildman–Crippen LogP) is 2.30. The SMILES string of the molecule is Cc1cccc(/C=C/C(=O)NCC2CCCO2)c1. The van der Waals surface area contributed by atoms with Crippen molar-refractivity contribution in [1.29, 1.82) is 0 Å². The maximum absolute atomic E-state index is 11.6. The van der Waals surface area contributed by atoms with Crippen LogP contribution in [-0.4, -0.2) is 25.2 Å². The molecule has 0 aromatic heterocycles. The summed E-state index contributed by atoms with van der Waals surface area (Å²) in [6.45, 7) is 3.46. The fraction of sp³-hybridized carbons (Fsp3) is 0.400. The summed E-state index contributed by atoms with van der Waals surface area (Å²) in [4.78, 5) is 11.6. The molecule has 96 valence electrons. The van der Waals surface area contributed by atoms with Crippen molar-refractivity contribution >= 4 is 12.0 Å². The molecule has 1 aromatic carbocycles. The lowest BCUT2D eigenvalue weighted by Gasteiger charge is -2.08. The van der Waals surface area contributed by atoms with E-state index in [9.17, 15) is 4.79 Å². The lowest BCUT2D eigenvalue weighted by Crippen LogP contribution is -2.30. The van der Waals surface area contributed by atoms with Crippen molar-refractivity contribution in [3.8, 4) is 0 Å². The Morgan fingerprint density at radius 2 is 2.44 bits per heavy atom. The highest BCUT2D eigenvalue weighted by molar-refractivity contribution is 5.91. The molecular weight excluding hydrogens is 226 g/mol. The number of amides is 1. The minimum absolute atomic E-state index is 0.0630. The number of hydrogen-bond acceptors (Lipinski definition) is 2. The van der Waals surface area contributed by atoms with E-state index in [0.29, 0.717) is 6.54 Å². The highest BCUT2D eigenvalue weighted by Gasteiger charge is 2.15. The van der Waals surface area contributed by atoms with Crippen molar-refractivity contribution in [2.45, 2.75) is 25.9 Å². The van der Waals surface area contributed by atoms with Gasteiger partial charge in [0.05, 0.1) is 6.10 Å². The molecule has 0 radical (unpaired) electrons. The average molecular weight is 245 g/mol. The zero-order chi connectivity index (χ0) is 12.8.